The second kappa shape index (κ2) is 3.51. The van der Waals surface area contributed by atoms with Gasteiger partial charge in [-0.2, -0.15) is 0 Å². The van der Waals surface area contributed by atoms with Crippen molar-refractivity contribution in [3.8, 4) is 0 Å². The van der Waals surface area contributed by atoms with Crippen molar-refractivity contribution < 1.29 is 9.59 Å². The van der Waals surface area contributed by atoms with Gasteiger partial charge in [-0.1, -0.05) is 0 Å². The van der Waals surface area contributed by atoms with Gasteiger partial charge in [-0.05, 0) is 86.6 Å². The topological polar surface area (TPSA) is 40.5 Å². The number of rotatable bonds is 2. The first kappa shape index (κ1) is 13.3. The van der Waals surface area contributed by atoms with E-state index in [2.05, 4.69) is 26.2 Å². The van der Waals surface area contributed by atoms with E-state index in [0.29, 0.717) is 0 Å². The van der Waals surface area contributed by atoms with Crippen LogP contribution < -0.4 is 0 Å². The molecule has 0 atom stereocenters. The molecule has 0 unspecified atom stereocenters. The standard InChI is InChI=1S/C14H28O2Si2/c1-17(2,15)13-6-11-5-12(7-13)9-14(8-11,10-13)18(3,4)16/h11-12,15-16H,5-10H2,1-4H3. The molecule has 4 bridgehead atoms. The lowest BCUT2D eigenvalue weighted by molar-refractivity contribution is 0.0181. The van der Waals surface area contributed by atoms with Crippen molar-refractivity contribution in [1.29, 1.82) is 0 Å². The smallest absolute Gasteiger partial charge is 0.188 e. The van der Waals surface area contributed by atoms with Gasteiger partial charge in [-0.15, -0.1) is 0 Å². The average molecular weight is 285 g/mol. The minimum absolute atomic E-state index is 0.226. The largest absolute Gasteiger partial charge is 0.432 e. The van der Waals surface area contributed by atoms with Crippen LogP contribution >= 0.6 is 0 Å². The van der Waals surface area contributed by atoms with Crippen LogP contribution in [0.1, 0.15) is 38.5 Å². The summed E-state index contributed by atoms with van der Waals surface area (Å²) in [6, 6.07) is 0. The van der Waals surface area contributed by atoms with Gasteiger partial charge in [0.2, 0.25) is 0 Å². The normalized spacial score (nSPS) is 47.7. The highest BCUT2D eigenvalue weighted by molar-refractivity contribution is 6.75. The monoisotopic (exact) mass is 284 g/mol. The van der Waals surface area contributed by atoms with Crippen LogP contribution in [0.5, 0.6) is 0 Å². The molecule has 0 amide bonds. The Hall–Kier alpha value is 0.354. The van der Waals surface area contributed by atoms with E-state index < -0.39 is 16.6 Å². The maximum Gasteiger partial charge on any atom is 0.188 e. The second-order valence-electron chi connectivity index (χ2n) is 8.64. The number of hydrogen-bond acceptors (Lipinski definition) is 2. The van der Waals surface area contributed by atoms with Crippen LogP contribution in [-0.4, -0.2) is 26.2 Å². The summed E-state index contributed by atoms with van der Waals surface area (Å²) in [5.74, 6) is 1.59. The summed E-state index contributed by atoms with van der Waals surface area (Å²) < 4.78 is 0. The zero-order valence-electron chi connectivity index (χ0n) is 12.3. The Labute approximate surface area is 113 Å². The van der Waals surface area contributed by atoms with Crippen LogP contribution in [0.25, 0.3) is 0 Å². The van der Waals surface area contributed by atoms with Crippen molar-refractivity contribution in [3.05, 3.63) is 0 Å². The van der Waals surface area contributed by atoms with Crippen molar-refractivity contribution in [2.24, 2.45) is 11.8 Å². The molecule has 4 aliphatic rings. The molecule has 0 radical (unpaired) electrons. The molecule has 4 heteroatoms. The predicted octanol–water partition coefficient (Wildman–Crippen LogP) is 3.48. The summed E-state index contributed by atoms with van der Waals surface area (Å²) in [4.78, 5) is 21.7. The lowest BCUT2D eigenvalue weighted by Crippen LogP contribution is -2.61. The maximum absolute atomic E-state index is 10.8. The van der Waals surface area contributed by atoms with Gasteiger partial charge in [0.15, 0.2) is 16.6 Å². The molecule has 0 aromatic heterocycles. The van der Waals surface area contributed by atoms with Crippen LogP contribution in [0.2, 0.25) is 36.3 Å². The number of hydrogen-bond donors (Lipinski definition) is 2. The Morgan fingerprint density at radius 2 is 1.11 bits per heavy atom. The third-order valence-electron chi connectivity index (χ3n) is 6.66. The van der Waals surface area contributed by atoms with Crippen molar-refractivity contribution in [2.45, 2.75) is 74.8 Å². The van der Waals surface area contributed by atoms with Crippen LogP contribution in [0.15, 0.2) is 0 Å². The van der Waals surface area contributed by atoms with Gasteiger partial charge < -0.3 is 9.59 Å². The molecule has 4 fully saturated rings. The molecule has 4 rings (SSSR count). The Bertz CT molecular complexity index is 321. The fourth-order valence-corrected chi connectivity index (χ4v) is 10.6. The quantitative estimate of drug-likeness (QED) is 0.762. The Morgan fingerprint density at radius 3 is 1.39 bits per heavy atom. The van der Waals surface area contributed by atoms with E-state index in [1.54, 1.807) is 0 Å². The third-order valence-corrected chi connectivity index (χ3v) is 13.0. The van der Waals surface area contributed by atoms with Crippen LogP contribution in [0, 0.1) is 11.8 Å². The molecule has 2 N–H and O–H groups in total. The third kappa shape index (κ3) is 1.65. The molecule has 0 aliphatic heterocycles. The lowest BCUT2D eigenvalue weighted by Gasteiger charge is -2.67. The van der Waals surface area contributed by atoms with Crippen molar-refractivity contribution in [3.63, 3.8) is 0 Å². The molecule has 4 aliphatic carbocycles. The summed E-state index contributed by atoms with van der Waals surface area (Å²) in [7, 11) is -4.25. The highest BCUT2D eigenvalue weighted by atomic mass is 28.4. The molecule has 18 heavy (non-hydrogen) atoms. The van der Waals surface area contributed by atoms with Crippen molar-refractivity contribution >= 4 is 16.6 Å². The first-order valence-electron chi connectivity index (χ1n) is 7.52. The van der Waals surface area contributed by atoms with Gasteiger partial charge >= 0.3 is 0 Å². The van der Waals surface area contributed by atoms with E-state index in [-0.39, 0.29) is 10.1 Å². The molecule has 104 valence electrons. The molecular formula is C14H28O2Si2. The van der Waals surface area contributed by atoms with Gasteiger partial charge in [-0.3, -0.25) is 0 Å². The van der Waals surface area contributed by atoms with Gasteiger partial charge in [0, 0.05) is 0 Å². The molecule has 0 saturated heterocycles. The molecule has 0 aromatic rings. The molecule has 0 heterocycles. The van der Waals surface area contributed by atoms with Gasteiger partial charge in [0.25, 0.3) is 0 Å². The van der Waals surface area contributed by atoms with Crippen molar-refractivity contribution in [1.82, 2.24) is 0 Å². The van der Waals surface area contributed by atoms with Crippen molar-refractivity contribution in [2.75, 3.05) is 0 Å². The Balaban J connectivity index is 2.03. The van der Waals surface area contributed by atoms with Crippen LogP contribution in [0.3, 0.4) is 0 Å². The predicted molar refractivity (Wildman–Crippen MR) is 79.5 cm³/mol. The highest BCUT2D eigenvalue weighted by Gasteiger charge is 2.66. The van der Waals surface area contributed by atoms with Gasteiger partial charge in [0.05, 0.1) is 0 Å². The van der Waals surface area contributed by atoms with E-state index in [4.69, 9.17) is 0 Å². The zero-order chi connectivity index (χ0) is 13.4. The Morgan fingerprint density at radius 1 is 0.778 bits per heavy atom. The average Bonchev–Trinajstić information content (AvgIpc) is 2.11. The van der Waals surface area contributed by atoms with Crippen LogP contribution in [0.4, 0.5) is 0 Å². The van der Waals surface area contributed by atoms with E-state index >= 15 is 0 Å². The van der Waals surface area contributed by atoms with E-state index in [0.717, 1.165) is 18.3 Å². The van der Waals surface area contributed by atoms with E-state index in [1.807, 2.05) is 0 Å². The first-order valence-corrected chi connectivity index (χ1v) is 13.4. The van der Waals surface area contributed by atoms with Gasteiger partial charge in [0.1, 0.15) is 0 Å². The first-order chi connectivity index (χ1) is 8.07. The maximum atomic E-state index is 10.8. The summed E-state index contributed by atoms with van der Waals surface area (Å²) in [5.41, 5.74) is 0. The van der Waals surface area contributed by atoms with E-state index in [1.165, 1.54) is 32.1 Å². The second-order valence-corrected chi connectivity index (χ2v) is 17.0. The van der Waals surface area contributed by atoms with E-state index in [9.17, 15) is 9.59 Å². The van der Waals surface area contributed by atoms with Crippen LogP contribution in [-0.2, 0) is 0 Å². The fourth-order valence-electron chi connectivity index (χ4n) is 5.69. The molecule has 2 nitrogen and oxygen atoms in total. The summed E-state index contributed by atoms with van der Waals surface area (Å²) in [6.07, 6.45) is 7.53. The summed E-state index contributed by atoms with van der Waals surface area (Å²) in [6.45, 7) is 8.55. The minimum atomic E-state index is -2.12. The minimum Gasteiger partial charge on any atom is -0.432 e. The summed E-state index contributed by atoms with van der Waals surface area (Å²) >= 11 is 0. The lowest BCUT2D eigenvalue weighted by atomic mass is 9.55. The molecular weight excluding hydrogens is 256 g/mol. The fraction of sp³-hybridized carbons (Fsp3) is 1.00. The SMILES string of the molecule is C[Si](C)(O)C12CC3CC(C1)CC([Si](C)(C)O)(C3)C2. The molecule has 0 spiro atoms. The zero-order valence-corrected chi connectivity index (χ0v) is 14.3. The summed E-state index contributed by atoms with van der Waals surface area (Å²) in [5, 5.41) is 0.453. The Kier molecular flexibility index (Phi) is 2.60. The van der Waals surface area contributed by atoms with Gasteiger partial charge in [-0.25, -0.2) is 0 Å². The molecule has 0 aromatic carbocycles. The molecule has 4 saturated carbocycles. The highest BCUT2D eigenvalue weighted by Crippen LogP contribution is 2.75.